The van der Waals surface area contributed by atoms with Crippen molar-refractivity contribution in [2.45, 2.75) is 15.2 Å². The molecule has 0 aliphatic heterocycles. The van der Waals surface area contributed by atoms with Gasteiger partial charge in [-0.05, 0) is 29.8 Å². The van der Waals surface area contributed by atoms with Gasteiger partial charge in [0.2, 0.25) is 22.1 Å². The minimum absolute atomic E-state index is 0.132. The lowest BCUT2D eigenvalue weighted by atomic mass is 10.2. The van der Waals surface area contributed by atoms with Gasteiger partial charge in [0.15, 0.2) is 4.34 Å². The fourth-order valence-electron chi connectivity index (χ4n) is 2.26. The number of amides is 1. The van der Waals surface area contributed by atoms with E-state index in [0.29, 0.717) is 22.0 Å². The fraction of sp³-hybridized carbons (Fsp3) is 0.111. The number of hydrogen-bond donors (Lipinski definition) is 3. The summed E-state index contributed by atoms with van der Waals surface area (Å²) in [6, 6.07) is 11.6. The van der Waals surface area contributed by atoms with Crippen molar-refractivity contribution in [2.75, 3.05) is 16.5 Å². The molecule has 164 valence electrons. The van der Waals surface area contributed by atoms with Crippen molar-refractivity contribution in [3.8, 4) is 0 Å². The predicted molar refractivity (Wildman–Crippen MR) is 129 cm³/mol. The van der Waals surface area contributed by atoms with Crippen molar-refractivity contribution >= 4 is 74.0 Å². The first-order valence-corrected chi connectivity index (χ1v) is 12.6. The summed E-state index contributed by atoms with van der Waals surface area (Å²) in [5.74, 6) is 1.64. The van der Waals surface area contributed by atoms with E-state index in [2.05, 4.69) is 63.2 Å². The topological polar surface area (TPSA) is 134 Å². The van der Waals surface area contributed by atoms with Crippen LogP contribution in [-0.4, -0.2) is 43.3 Å². The zero-order chi connectivity index (χ0) is 22.2. The Morgan fingerprint density at radius 1 is 1.28 bits per heavy atom. The lowest BCUT2D eigenvalue weighted by Gasteiger charge is -1.99. The van der Waals surface area contributed by atoms with E-state index in [9.17, 15) is 4.79 Å². The summed E-state index contributed by atoms with van der Waals surface area (Å²) in [7, 11) is 0. The van der Waals surface area contributed by atoms with Crippen LogP contribution >= 0.6 is 50.8 Å². The maximum Gasteiger partial charge on any atom is 0.240 e. The molecule has 0 aliphatic carbocycles. The molecule has 4 aromatic rings. The van der Waals surface area contributed by atoms with Gasteiger partial charge >= 0.3 is 0 Å². The highest BCUT2D eigenvalue weighted by atomic mass is 79.9. The number of hydrogen-bond acceptors (Lipinski definition) is 11. The number of rotatable bonds is 10. The standard InChI is InChI=1S/C18H15BrN8O2S3/c19-12-4-1-3-11(7-12)9-31-18-27-26-17(32-18)21-14(28)10-30-16-22-15(24-25-16)23-20-8-13-5-2-6-29-13/h1-8H,9-10H2,(H,21,26,28)(H2,22,23,24,25)/b20-8-. The highest BCUT2D eigenvalue weighted by Gasteiger charge is 2.11. The molecule has 3 aromatic heterocycles. The number of nitrogens with zero attached hydrogens (tertiary/aromatic N) is 5. The number of halogens is 1. The third-order valence-corrected chi connectivity index (χ3v) is 6.99. The number of carbonyl (C=O) groups is 1. The molecular weight excluding hydrogens is 536 g/mol. The maximum atomic E-state index is 12.2. The van der Waals surface area contributed by atoms with Gasteiger partial charge in [-0.15, -0.1) is 15.3 Å². The molecule has 10 nitrogen and oxygen atoms in total. The highest BCUT2D eigenvalue weighted by Crippen LogP contribution is 2.29. The van der Waals surface area contributed by atoms with E-state index in [1.54, 1.807) is 30.2 Å². The Morgan fingerprint density at radius 3 is 3.06 bits per heavy atom. The average molecular weight is 551 g/mol. The normalized spacial score (nSPS) is 11.2. The largest absolute Gasteiger partial charge is 0.463 e. The van der Waals surface area contributed by atoms with Crippen molar-refractivity contribution in [2.24, 2.45) is 5.10 Å². The van der Waals surface area contributed by atoms with Crippen LogP contribution in [0.2, 0.25) is 0 Å². The fourth-order valence-corrected chi connectivity index (χ4v) is 5.01. The van der Waals surface area contributed by atoms with Crippen LogP contribution in [0, 0.1) is 0 Å². The Labute approximate surface area is 203 Å². The molecule has 1 amide bonds. The lowest BCUT2D eigenvalue weighted by Crippen LogP contribution is -2.13. The Kier molecular flexibility index (Phi) is 7.92. The molecule has 32 heavy (non-hydrogen) atoms. The number of anilines is 2. The molecule has 0 bridgehead atoms. The van der Waals surface area contributed by atoms with Crippen LogP contribution in [0.25, 0.3) is 0 Å². The first-order valence-electron chi connectivity index (χ1n) is 9.02. The Bertz CT molecular complexity index is 1190. The Morgan fingerprint density at radius 2 is 2.22 bits per heavy atom. The monoisotopic (exact) mass is 550 g/mol. The van der Waals surface area contributed by atoms with Crippen LogP contribution in [-0.2, 0) is 10.5 Å². The van der Waals surface area contributed by atoms with Crippen LogP contribution in [0.5, 0.6) is 0 Å². The van der Waals surface area contributed by atoms with Gasteiger partial charge in [-0.3, -0.25) is 10.1 Å². The van der Waals surface area contributed by atoms with E-state index in [4.69, 9.17) is 4.42 Å². The van der Waals surface area contributed by atoms with Crippen LogP contribution in [0.1, 0.15) is 11.3 Å². The Balaban J connectivity index is 1.19. The smallest absolute Gasteiger partial charge is 0.240 e. The summed E-state index contributed by atoms with van der Waals surface area (Å²) in [5, 5.41) is 22.5. The number of thioether (sulfide) groups is 2. The molecule has 0 saturated heterocycles. The molecule has 0 aliphatic rings. The summed E-state index contributed by atoms with van der Waals surface area (Å²) >= 11 is 7.55. The zero-order valence-corrected chi connectivity index (χ0v) is 20.2. The number of H-pyrrole nitrogens is 1. The lowest BCUT2D eigenvalue weighted by molar-refractivity contribution is -0.113. The zero-order valence-electron chi connectivity index (χ0n) is 16.2. The van der Waals surface area contributed by atoms with Gasteiger partial charge in [0.05, 0.1) is 18.2 Å². The maximum absolute atomic E-state index is 12.2. The van der Waals surface area contributed by atoms with E-state index in [1.807, 2.05) is 18.2 Å². The number of furan rings is 1. The molecule has 3 N–H and O–H groups in total. The molecule has 0 atom stereocenters. The van der Waals surface area contributed by atoms with E-state index in [1.165, 1.54) is 34.9 Å². The second kappa shape index (κ2) is 11.3. The van der Waals surface area contributed by atoms with Gasteiger partial charge < -0.3 is 4.42 Å². The minimum Gasteiger partial charge on any atom is -0.463 e. The SMILES string of the molecule is O=C(CSc1n[nH]c(N/N=C\c2ccco2)n1)Nc1nnc(SCc2cccc(Br)c2)s1. The van der Waals surface area contributed by atoms with Gasteiger partial charge in [0.25, 0.3) is 0 Å². The summed E-state index contributed by atoms with van der Waals surface area (Å²) in [6.45, 7) is 0. The first kappa shape index (κ1) is 22.5. The van der Waals surface area contributed by atoms with E-state index < -0.39 is 0 Å². The average Bonchev–Trinajstić information content (AvgIpc) is 3.54. The molecule has 3 heterocycles. The summed E-state index contributed by atoms with van der Waals surface area (Å²) in [6.07, 6.45) is 3.07. The quantitative estimate of drug-likeness (QED) is 0.113. The predicted octanol–water partition coefficient (Wildman–Crippen LogP) is 4.48. The third-order valence-electron chi connectivity index (χ3n) is 3.61. The Hall–Kier alpha value is -2.68. The van der Waals surface area contributed by atoms with Gasteiger partial charge in [0, 0.05) is 10.2 Å². The summed E-state index contributed by atoms with van der Waals surface area (Å²) < 4.78 is 6.96. The number of hydrazone groups is 1. The van der Waals surface area contributed by atoms with Crippen LogP contribution in [0.3, 0.4) is 0 Å². The van der Waals surface area contributed by atoms with Gasteiger partial charge in [-0.2, -0.15) is 10.1 Å². The minimum atomic E-state index is -0.218. The van der Waals surface area contributed by atoms with E-state index in [0.717, 1.165) is 14.6 Å². The molecule has 0 radical (unpaired) electrons. The van der Waals surface area contributed by atoms with Gasteiger partial charge in [0.1, 0.15) is 5.76 Å². The second-order valence-corrected chi connectivity index (χ2v) is 10.0. The molecule has 0 unspecified atom stereocenters. The van der Waals surface area contributed by atoms with E-state index >= 15 is 0 Å². The van der Waals surface area contributed by atoms with Crippen molar-refractivity contribution < 1.29 is 9.21 Å². The van der Waals surface area contributed by atoms with Crippen LogP contribution in [0.15, 0.2) is 66.1 Å². The number of nitrogens with one attached hydrogen (secondary N) is 3. The summed E-state index contributed by atoms with van der Waals surface area (Å²) in [4.78, 5) is 16.4. The van der Waals surface area contributed by atoms with Crippen LogP contribution in [0.4, 0.5) is 11.1 Å². The molecule has 0 fully saturated rings. The highest BCUT2D eigenvalue weighted by molar-refractivity contribution is 9.10. The van der Waals surface area contributed by atoms with Crippen molar-refractivity contribution in [1.29, 1.82) is 0 Å². The molecule has 14 heteroatoms. The van der Waals surface area contributed by atoms with Crippen molar-refractivity contribution in [1.82, 2.24) is 25.4 Å². The number of benzene rings is 1. The molecule has 0 spiro atoms. The van der Waals surface area contributed by atoms with Crippen LogP contribution < -0.4 is 10.7 Å². The van der Waals surface area contributed by atoms with E-state index in [-0.39, 0.29) is 11.7 Å². The number of carbonyl (C=O) groups excluding carboxylic acids is 1. The van der Waals surface area contributed by atoms with Gasteiger partial charge in [-0.25, -0.2) is 10.5 Å². The van der Waals surface area contributed by atoms with Crippen molar-refractivity contribution in [3.05, 3.63) is 58.5 Å². The number of aromatic amines is 1. The molecule has 1 aromatic carbocycles. The van der Waals surface area contributed by atoms with Gasteiger partial charge in [-0.1, -0.05) is 62.9 Å². The second-order valence-electron chi connectivity index (χ2n) is 5.98. The number of aromatic nitrogens is 5. The molecule has 0 saturated carbocycles. The van der Waals surface area contributed by atoms with Crippen molar-refractivity contribution in [3.63, 3.8) is 0 Å². The first-order chi connectivity index (χ1) is 15.6. The molecular formula is C18H15BrN8O2S3. The molecule has 4 rings (SSSR count). The summed E-state index contributed by atoms with van der Waals surface area (Å²) in [5.41, 5.74) is 3.88. The third kappa shape index (κ3) is 6.91.